The predicted molar refractivity (Wildman–Crippen MR) is 87.2 cm³/mol. The minimum Gasteiger partial charge on any atom is -0.454 e. The van der Waals surface area contributed by atoms with Crippen LogP contribution >= 0.6 is 11.3 Å². The Bertz CT molecular complexity index is 871. The van der Waals surface area contributed by atoms with Gasteiger partial charge in [0.15, 0.2) is 11.5 Å². The maximum absolute atomic E-state index is 12.3. The van der Waals surface area contributed by atoms with Gasteiger partial charge in [0.05, 0.1) is 16.3 Å². The summed E-state index contributed by atoms with van der Waals surface area (Å²) in [6.45, 7) is 2.09. The molecule has 0 saturated heterocycles. The fourth-order valence-electron chi connectivity index (χ4n) is 2.42. The van der Waals surface area contributed by atoms with Gasteiger partial charge >= 0.3 is 0 Å². The van der Waals surface area contributed by atoms with E-state index in [4.69, 9.17) is 9.47 Å². The summed E-state index contributed by atoms with van der Waals surface area (Å²) < 4.78 is 10.7. The van der Waals surface area contributed by atoms with E-state index in [0.717, 1.165) is 11.3 Å². The second-order valence-electron chi connectivity index (χ2n) is 5.07. The molecule has 0 unspecified atom stereocenters. The van der Waals surface area contributed by atoms with Crippen LogP contribution in [0.2, 0.25) is 0 Å². The number of ether oxygens (including phenoxy) is 2. The molecule has 4 rings (SSSR count). The first-order valence-corrected chi connectivity index (χ1v) is 7.90. The number of rotatable bonds is 3. The van der Waals surface area contributed by atoms with Gasteiger partial charge in [-0.25, -0.2) is 0 Å². The Labute approximate surface area is 136 Å². The molecule has 2 aromatic heterocycles. The molecule has 3 heterocycles. The monoisotopic (exact) mass is 327 g/mol. The van der Waals surface area contributed by atoms with Crippen molar-refractivity contribution in [3.63, 3.8) is 0 Å². The van der Waals surface area contributed by atoms with E-state index in [9.17, 15) is 4.79 Å². The van der Waals surface area contributed by atoms with Gasteiger partial charge in [-0.2, -0.15) is 5.10 Å². The predicted octanol–water partition coefficient (Wildman–Crippen LogP) is 3.43. The van der Waals surface area contributed by atoms with Crippen molar-refractivity contribution >= 4 is 22.9 Å². The van der Waals surface area contributed by atoms with Crippen LogP contribution in [0, 0.1) is 6.92 Å². The van der Waals surface area contributed by atoms with Crippen molar-refractivity contribution in [1.29, 1.82) is 0 Å². The number of aryl methyl sites for hydroxylation is 1. The largest absolute Gasteiger partial charge is 0.454 e. The highest BCUT2D eigenvalue weighted by Crippen LogP contribution is 2.38. The Morgan fingerprint density at radius 2 is 2.17 bits per heavy atom. The summed E-state index contributed by atoms with van der Waals surface area (Å²) in [5, 5.41) is 12.0. The highest BCUT2D eigenvalue weighted by molar-refractivity contribution is 7.12. The molecule has 116 valence electrons. The summed E-state index contributed by atoms with van der Waals surface area (Å²) >= 11 is 1.40. The number of amides is 1. The van der Waals surface area contributed by atoms with Crippen LogP contribution in [0.25, 0.3) is 11.3 Å². The number of nitrogens with zero attached hydrogens (tertiary/aromatic N) is 1. The number of aromatic nitrogens is 2. The van der Waals surface area contributed by atoms with E-state index in [1.165, 1.54) is 11.3 Å². The lowest BCUT2D eigenvalue weighted by atomic mass is 10.1. The highest BCUT2D eigenvalue weighted by atomic mass is 32.1. The van der Waals surface area contributed by atoms with Crippen molar-refractivity contribution in [3.05, 3.63) is 46.3 Å². The Balaban J connectivity index is 1.69. The third kappa shape index (κ3) is 2.44. The quantitative estimate of drug-likeness (QED) is 0.773. The van der Waals surface area contributed by atoms with Crippen molar-refractivity contribution in [2.75, 3.05) is 12.1 Å². The van der Waals surface area contributed by atoms with Crippen LogP contribution < -0.4 is 14.8 Å². The van der Waals surface area contributed by atoms with Crippen molar-refractivity contribution < 1.29 is 14.3 Å². The van der Waals surface area contributed by atoms with E-state index in [-0.39, 0.29) is 12.7 Å². The molecule has 6 nitrogen and oxygen atoms in total. The normalized spacial score (nSPS) is 12.4. The first-order chi connectivity index (χ1) is 11.2. The summed E-state index contributed by atoms with van der Waals surface area (Å²) in [4.78, 5) is 13.0. The number of H-pyrrole nitrogens is 1. The Morgan fingerprint density at radius 1 is 1.30 bits per heavy atom. The summed E-state index contributed by atoms with van der Waals surface area (Å²) in [5.41, 5.74) is 2.98. The molecule has 1 aliphatic heterocycles. The van der Waals surface area contributed by atoms with Crippen LogP contribution in [0.5, 0.6) is 11.5 Å². The average molecular weight is 327 g/mol. The maximum Gasteiger partial charge on any atom is 0.265 e. The Morgan fingerprint density at radius 3 is 3.00 bits per heavy atom. The van der Waals surface area contributed by atoms with E-state index >= 15 is 0 Å². The molecule has 7 heteroatoms. The zero-order valence-corrected chi connectivity index (χ0v) is 13.1. The first kappa shape index (κ1) is 13.8. The van der Waals surface area contributed by atoms with Crippen LogP contribution in [0.3, 0.4) is 0 Å². The van der Waals surface area contributed by atoms with Gasteiger partial charge < -0.3 is 14.8 Å². The molecule has 1 aromatic carbocycles. The molecule has 3 aromatic rings. The molecular weight excluding hydrogens is 314 g/mol. The zero-order valence-electron chi connectivity index (χ0n) is 12.3. The summed E-state index contributed by atoms with van der Waals surface area (Å²) in [6.07, 6.45) is 0. The highest BCUT2D eigenvalue weighted by Gasteiger charge is 2.19. The number of thiophene rings is 1. The topological polar surface area (TPSA) is 76.2 Å². The van der Waals surface area contributed by atoms with Crippen molar-refractivity contribution in [1.82, 2.24) is 10.2 Å². The zero-order chi connectivity index (χ0) is 15.8. The third-order valence-electron chi connectivity index (χ3n) is 3.58. The van der Waals surface area contributed by atoms with Crippen LogP contribution in [0.1, 0.15) is 15.4 Å². The van der Waals surface area contributed by atoms with E-state index in [1.54, 1.807) is 6.07 Å². The number of benzene rings is 1. The van der Waals surface area contributed by atoms with Gasteiger partial charge in [0.2, 0.25) is 6.79 Å². The molecule has 0 atom stereocenters. The lowest BCUT2D eigenvalue weighted by molar-refractivity contribution is 0.103. The molecule has 2 N–H and O–H groups in total. The van der Waals surface area contributed by atoms with Gasteiger partial charge in [-0.1, -0.05) is 6.07 Å². The van der Waals surface area contributed by atoms with Crippen LogP contribution in [0.15, 0.2) is 35.7 Å². The second kappa shape index (κ2) is 5.44. The van der Waals surface area contributed by atoms with Gasteiger partial charge in [-0.05, 0) is 36.6 Å². The summed E-state index contributed by atoms with van der Waals surface area (Å²) in [5.74, 6) is 1.25. The lowest BCUT2D eigenvalue weighted by Gasteiger charge is -2.06. The number of nitrogens with one attached hydrogen (secondary N) is 2. The molecule has 0 aliphatic carbocycles. The summed E-state index contributed by atoms with van der Waals surface area (Å²) in [6, 6.07) is 9.23. The summed E-state index contributed by atoms with van der Waals surface area (Å²) in [7, 11) is 0. The van der Waals surface area contributed by atoms with E-state index in [1.807, 2.05) is 36.6 Å². The molecule has 0 fully saturated rings. The molecule has 1 aliphatic rings. The number of carbonyl (C=O) groups excluding carboxylic acids is 1. The SMILES string of the molecule is Cc1[nH]nc(-c2ccc3c(c2)OCO3)c1NC(=O)c1cccs1. The Hall–Kier alpha value is -2.80. The van der Waals surface area contributed by atoms with Crippen molar-refractivity contribution in [2.45, 2.75) is 6.92 Å². The standard InChI is InChI=1S/C16H13N3O3S/c1-9-14(17-16(20)13-3-2-6-23-13)15(19-18-9)10-4-5-11-12(7-10)22-8-21-11/h2-7H,8H2,1H3,(H,17,20)(H,18,19). The molecule has 23 heavy (non-hydrogen) atoms. The van der Waals surface area contributed by atoms with Crippen LogP contribution in [0.4, 0.5) is 5.69 Å². The van der Waals surface area contributed by atoms with E-state index in [0.29, 0.717) is 27.8 Å². The van der Waals surface area contributed by atoms with Crippen molar-refractivity contribution in [3.8, 4) is 22.8 Å². The maximum atomic E-state index is 12.3. The van der Waals surface area contributed by atoms with Gasteiger partial charge in [0.1, 0.15) is 5.69 Å². The fraction of sp³-hybridized carbons (Fsp3) is 0.125. The first-order valence-electron chi connectivity index (χ1n) is 7.02. The van der Waals surface area contributed by atoms with Crippen LogP contribution in [-0.4, -0.2) is 22.9 Å². The van der Waals surface area contributed by atoms with Gasteiger partial charge in [-0.3, -0.25) is 9.89 Å². The minimum atomic E-state index is -0.147. The van der Waals surface area contributed by atoms with E-state index < -0.39 is 0 Å². The molecular formula is C16H13N3O3S. The average Bonchev–Trinajstić information content (AvgIpc) is 3.28. The molecule has 0 radical (unpaired) electrons. The minimum absolute atomic E-state index is 0.147. The van der Waals surface area contributed by atoms with E-state index in [2.05, 4.69) is 15.5 Å². The van der Waals surface area contributed by atoms with Gasteiger partial charge in [0, 0.05) is 5.56 Å². The third-order valence-corrected chi connectivity index (χ3v) is 4.45. The molecule has 0 saturated carbocycles. The van der Waals surface area contributed by atoms with Gasteiger partial charge in [0.25, 0.3) is 5.91 Å². The fourth-order valence-corrected chi connectivity index (χ4v) is 3.04. The molecule has 1 amide bonds. The smallest absolute Gasteiger partial charge is 0.265 e. The molecule has 0 bridgehead atoms. The second-order valence-corrected chi connectivity index (χ2v) is 6.02. The number of hydrogen-bond acceptors (Lipinski definition) is 5. The number of carbonyl (C=O) groups is 1. The Kier molecular flexibility index (Phi) is 3.27. The van der Waals surface area contributed by atoms with Crippen molar-refractivity contribution in [2.24, 2.45) is 0 Å². The number of fused-ring (bicyclic) bond motifs is 1. The van der Waals surface area contributed by atoms with Crippen LogP contribution in [-0.2, 0) is 0 Å². The molecule has 0 spiro atoms. The van der Waals surface area contributed by atoms with Gasteiger partial charge in [-0.15, -0.1) is 11.3 Å². The number of hydrogen-bond donors (Lipinski definition) is 2. The number of anilines is 1. The lowest BCUT2D eigenvalue weighted by Crippen LogP contribution is -2.11. The number of aromatic amines is 1.